The highest BCUT2D eigenvalue weighted by molar-refractivity contribution is 5.82. The third kappa shape index (κ3) is 4.62. The van der Waals surface area contributed by atoms with Crippen LogP contribution < -0.4 is 5.32 Å². The van der Waals surface area contributed by atoms with Gasteiger partial charge < -0.3 is 10.4 Å². The molecule has 0 radical (unpaired) electrons. The number of carbonyl (C=O) groups is 1. The van der Waals surface area contributed by atoms with E-state index in [-0.39, 0.29) is 11.7 Å². The maximum atomic E-state index is 12.4. The fourth-order valence-electron chi connectivity index (χ4n) is 2.41. The number of phenols is 1. The molecule has 0 bridgehead atoms. The number of amides is 1. The zero-order chi connectivity index (χ0) is 16.0. The average Bonchev–Trinajstić information content (AvgIpc) is 2.49. The van der Waals surface area contributed by atoms with Crippen LogP contribution in [-0.4, -0.2) is 17.6 Å². The zero-order valence-corrected chi connectivity index (χ0v) is 13.2. The molecule has 0 saturated heterocycles. The van der Waals surface area contributed by atoms with Crippen molar-refractivity contribution in [2.24, 2.45) is 5.41 Å². The highest BCUT2D eigenvalue weighted by atomic mass is 16.3. The van der Waals surface area contributed by atoms with Crippen molar-refractivity contribution in [3.8, 4) is 5.75 Å². The van der Waals surface area contributed by atoms with Crippen LogP contribution >= 0.6 is 0 Å². The molecule has 0 atom stereocenters. The monoisotopic (exact) mass is 297 g/mol. The fraction of sp³-hybridized carbons (Fsp3) is 0.316. The lowest BCUT2D eigenvalue weighted by Gasteiger charge is -2.23. The molecular weight excluding hydrogens is 274 g/mol. The summed E-state index contributed by atoms with van der Waals surface area (Å²) < 4.78 is 0. The van der Waals surface area contributed by atoms with Crippen LogP contribution in [0, 0.1) is 5.41 Å². The normalized spacial score (nSPS) is 11.2. The topological polar surface area (TPSA) is 49.3 Å². The van der Waals surface area contributed by atoms with Crippen molar-refractivity contribution >= 4 is 5.91 Å². The Bertz CT molecular complexity index is 603. The first kappa shape index (κ1) is 16.1. The van der Waals surface area contributed by atoms with E-state index in [9.17, 15) is 9.90 Å². The van der Waals surface area contributed by atoms with E-state index in [4.69, 9.17) is 0 Å². The van der Waals surface area contributed by atoms with Gasteiger partial charge in [0.25, 0.3) is 0 Å². The fourth-order valence-corrected chi connectivity index (χ4v) is 2.41. The first-order valence-electron chi connectivity index (χ1n) is 7.57. The highest BCUT2D eigenvalue weighted by Gasteiger charge is 2.27. The van der Waals surface area contributed by atoms with Gasteiger partial charge in [0.2, 0.25) is 5.91 Å². The van der Waals surface area contributed by atoms with Gasteiger partial charge in [0, 0.05) is 12.0 Å². The number of benzene rings is 2. The summed E-state index contributed by atoms with van der Waals surface area (Å²) in [7, 11) is 0. The Morgan fingerprint density at radius 3 is 2.27 bits per heavy atom. The van der Waals surface area contributed by atoms with Crippen molar-refractivity contribution in [2.45, 2.75) is 26.7 Å². The summed E-state index contributed by atoms with van der Waals surface area (Å²) in [5, 5.41) is 12.3. The van der Waals surface area contributed by atoms with Crippen molar-refractivity contribution in [1.82, 2.24) is 5.32 Å². The van der Waals surface area contributed by atoms with Gasteiger partial charge in [0.1, 0.15) is 5.75 Å². The van der Waals surface area contributed by atoms with Gasteiger partial charge in [-0.1, -0.05) is 56.3 Å². The van der Waals surface area contributed by atoms with Crippen LogP contribution in [-0.2, 0) is 17.6 Å². The van der Waals surface area contributed by atoms with Gasteiger partial charge in [0.05, 0.1) is 0 Å². The molecule has 2 rings (SSSR count). The van der Waals surface area contributed by atoms with E-state index in [0.717, 1.165) is 18.4 Å². The maximum Gasteiger partial charge on any atom is 0.226 e. The Hall–Kier alpha value is -2.29. The number of nitrogens with one attached hydrogen (secondary N) is 1. The van der Waals surface area contributed by atoms with Gasteiger partial charge in [0.15, 0.2) is 0 Å². The Labute approximate surface area is 132 Å². The zero-order valence-electron chi connectivity index (χ0n) is 13.2. The first-order valence-corrected chi connectivity index (χ1v) is 7.57. The number of hydrogen-bond acceptors (Lipinski definition) is 2. The SMILES string of the molecule is CC(C)(Cc1ccccc1)C(=O)NCCc1ccc(O)cc1. The summed E-state index contributed by atoms with van der Waals surface area (Å²) in [5.41, 5.74) is 1.83. The van der Waals surface area contributed by atoms with Crippen LogP contribution in [0.4, 0.5) is 0 Å². The van der Waals surface area contributed by atoms with Crippen molar-refractivity contribution in [1.29, 1.82) is 0 Å². The van der Waals surface area contributed by atoms with Crippen LogP contribution in [0.2, 0.25) is 0 Å². The maximum absolute atomic E-state index is 12.4. The van der Waals surface area contributed by atoms with Crippen LogP contribution in [0.25, 0.3) is 0 Å². The molecule has 2 aromatic carbocycles. The van der Waals surface area contributed by atoms with E-state index >= 15 is 0 Å². The minimum atomic E-state index is -0.434. The highest BCUT2D eigenvalue weighted by Crippen LogP contribution is 2.22. The van der Waals surface area contributed by atoms with E-state index in [1.807, 2.05) is 56.3 Å². The summed E-state index contributed by atoms with van der Waals surface area (Å²) >= 11 is 0. The van der Waals surface area contributed by atoms with Crippen LogP contribution in [0.1, 0.15) is 25.0 Å². The van der Waals surface area contributed by atoms with Gasteiger partial charge >= 0.3 is 0 Å². The average molecular weight is 297 g/mol. The molecular formula is C19H23NO2. The van der Waals surface area contributed by atoms with Gasteiger partial charge in [-0.05, 0) is 36.1 Å². The van der Waals surface area contributed by atoms with E-state index in [2.05, 4.69) is 5.32 Å². The molecule has 0 aliphatic carbocycles. The number of rotatable bonds is 6. The smallest absolute Gasteiger partial charge is 0.226 e. The van der Waals surface area contributed by atoms with Gasteiger partial charge in [-0.2, -0.15) is 0 Å². The van der Waals surface area contributed by atoms with E-state index in [1.165, 1.54) is 5.56 Å². The van der Waals surface area contributed by atoms with E-state index in [1.54, 1.807) is 12.1 Å². The number of phenolic OH excluding ortho intramolecular Hbond substituents is 1. The molecule has 116 valence electrons. The Kier molecular flexibility index (Phi) is 5.21. The second-order valence-corrected chi connectivity index (χ2v) is 6.22. The van der Waals surface area contributed by atoms with Gasteiger partial charge in [-0.25, -0.2) is 0 Å². The Morgan fingerprint density at radius 1 is 1.00 bits per heavy atom. The van der Waals surface area contributed by atoms with Crippen LogP contribution in [0.3, 0.4) is 0 Å². The van der Waals surface area contributed by atoms with Crippen molar-refractivity contribution < 1.29 is 9.90 Å². The largest absolute Gasteiger partial charge is 0.508 e. The van der Waals surface area contributed by atoms with Gasteiger partial charge in [-0.15, -0.1) is 0 Å². The molecule has 0 aliphatic rings. The third-order valence-corrected chi connectivity index (χ3v) is 3.74. The quantitative estimate of drug-likeness (QED) is 0.859. The summed E-state index contributed by atoms with van der Waals surface area (Å²) in [4.78, 5) is 12.4. The molecule has 2 aromatic rings. The summed E-state index contributed by atoms with van der Waals surface area (Å²) in [6.07, 6.45) is 1.48. The summed E-state index contributed by atoms with van der Waals surface area (Å²) in [5.74, 6) is 0.326. The summed E-state index contributed by atoms with van der Waals surface area (Å²) in [6, 6.07) is 17.1. The molecule has 1 amide bonds. The standard InChI is InChI=1S/C19H23NO2/c1-19(2,14-16-6-4-3-5-7-16)18(22)20-13-12-15-8-10-17(21)11-9-15/h3-11,21H,12-14H2,1-2H3,(H,20,22). The first-order chi connectivity index (χ1) is 10.5. The second kappa shape index (κ2) is 7.12. The lowest BCUT2D eigenvalue weighted by molar-refractivity contribution is -0.129. The van der Waals surface area contributed by atoms with Crippen LogP contribution in [0.15, 0.2) is 54.6 Å². The van der Waals surface area contributed by atoms with Gasteiger partial charge in [-0.3, -0.25) is 4.79 Å². The molecule has 3 heteroatoms. The molecule has 0 aliphatic heterocycles. The Balaban J connectivity index is 1.84. The number of carbonyl (C=O) groups excluding carboxylic acids is 1. The predicted octanol–water partition coefficient (Wildman–Crippen LogP) is 3.32. The molecule has 0 aromatic heterocycles. The molecule has 0 spiro atoms. The lowest BCUT2D eigenvalue weighted by Crippen LogP contribution is -2.39. The van der Waals surface area contributed by atoms with E-state index < -0.39 is 5.41 Å². The minimum Gasteiger partial charge on any atom is -0.508 e. The lowest BCUT2D eigenvalue weighted by atomic mass is 9.85. The molecule has 0 fully saturated rings. The molecule has 0 unspecified atom stereocenters. The van der Waals surface area contributed by atoms with Crippen molar-refractivity contribution in [2.75, 3.05) is 6.54 Å². The van der Waals surface area contributed by atoms with Crippen molar-refractivity contribution in [3.05, 3.63) is 65.7 Å². The second-order valence-electron chi connectivity index (χ2n) is 6.22. The summed E-state index contributed by atoms with van der Waals surface area (Å²) in [6.45, 7) is 4.54. The minimum absolute atomic E-state index is 0.0649. The molecule has 22 heavy (non-hydrogen) atoms. The van der Waals surface area contributed by atoms with E-state index in [0.29, 0.717) is 6.54 Å². The van der Waals surface area contributed by atoms with Crippen molar-refractivity contribution in [3.63, 3.8) is 0 Å². The Morgan fingerprint density at radius 2 is 1.64 bits per heavy atom. The van der Waals surface area contributed by atoms with Crippen LogP contribution in [0.5, 0.6) is 5.75 Å². The molecule has 0 saturated carbocycles. The third-order valence-electron chi connectivity index (χ3n) is 3.74. The molecule has 3 nitrogen and oxygen atoms in total. The number of hydrogen-bond donors (Lipinski definition) is 2. The molecule has 0 heterocycles. The molecule has 2 N–H and O–H groups in total. The predicted molar refractivity (Wildman–Crippen MR) is 88.7 cm³/mol. The number of aromatic hydroxyl groups is 1.